The molecule has 1 rings (SSSR count). The van der Waals surface area contributed by atoms with Crippen molar-refractivity contribution in [1.29, 1.82) is 0 Å². The molecule has 2 N–H and O–H groups in total. The zero-order valence-electron chi connectivity index (χ0n) is 8.40. The SMILES string of the molecule is COC(=O)NS(=O)(=O)Nc1ccc(F)nc1F. The molecule has 0 bridgehead atoms. The van der Waals surface area contributed by atoms with Crippen LogP contribution in [0, 0.1) is 11.9 Å². The Morgan fingerprint density at radius 2 is 2.06 bits per heavy atom. The van der Waals surface area contributed by atoms with Gasteiger partial charge in [0, 0.05) is 0 Å². The molecular formula is C7H7F2N3O4S. The van der Waals surface area contributed by atoms with Gasteiger partial charge in [-0.2, -0.15) is 22.2 Å². The molecule has 0 aliphatic heterocycles. The lowest BCUT2D eigenvalue weighted by Crippen LogP contribution is -2.35. The predicted octanol–water partition coefficient (Wildman–Crippen LogP) is 0.372. The summed E-state index contributed by atoms with van der Waals surface area (Å²) in [6.07, 6.45) is -1.26. The Morgan fingerprint density at radius 3 is 2.59 bits per heavy atom. The molecule has 1 amide bonds. The number of nitrogens with zero attached hydrogens (tertiary/aromatic N) is 1. The minimum atomic E-state index is -4.36. The van der Waals surface area contributed by atoms with Gasteiger partial charge in [-0.3, -0.25) is 4.72 Å². The third-order valence-electron chi connectivity index (χ3n) is 1.46. The van der Waals surface area contributed by atoms with Crippen LogP contribution in [0.2, 0.25) is 0 Å². The number of pyridine rings is 1. The van der Waals surface area contributed by atoms with Gasteiger partial charge in [-0.15, -0.1) is 0 Å². The van der Waals surface area contributed by atoms with E-state index in [0.29, 0.717) is 0 Å². The standard InChI is InChI=1S/C7H7F2N3O4S/c1-16-7(13)12-17(14,15)11-4-2-3-5(8)10-6(4)9/h2-3,11H,1H3,(H,12,13). The molecule has 0 aliphatic carbocycles. The third-order valence-corrected chi connectivity index (χ3v) is 2.39. The van der Waals surface area contributed by atoms with Gasteiger partial charge in [-0.1, -0.05) is 0 Å². The average Bonchev–Trinajstić information content (AvgIpc) is 2.21. The van der Waals surface area contributed by atoms with Crippen LogP contribution < -0.4 is 9.44 Å². The van der Waals surface area contributed by atoms with Crippen LogP contribution in [0.4, 0.5) is 19.3 Å². The van der Waals surface area contributed by atoms with Crippen molar-refractivity contribution in [2.24, 2.45) is 0 Å². The Labute approximate surface area is 95.0 Å². The van der Waals surface area contributed by atoms with Crippen LogP contribution in [-0.2, 0) is 14.9 Å². The van der Waals surface area contributed by atoms with E-state index < -0.39 is 33.9 Å². The molecule has 1 heterocycles. The van der Waals surface area contributed by atoms with E-state index in [2.05, 4.69) is 9.72 Å². The fourth-order valence-corrected chi connectivity index (χ4v) is 1.61. The molecule has 0 atom stereocenters. The molecule has 0 aliphatic rings. The molecular weight excluding hydrogens is 260 g/mol. The molecule has 0 aromatic carbocycles. The fraction of sp³-hybridized carbons (Fsp3) is 0.143. The number of rotatable bonds is 3. The van der Waals surface area contributed by atoms with E-state index in [4.69, 9.17) is 0 Å². The highest BCUT2D eigenvalue weighted by Gasteiger charge is 2.17. The van der Waals surface area contributed by atoms with Crippen molar-refractivity contribution in [3.63, 3.8) is 0 Å². The van der Waals surface area contributed by atoms with Crippen LogP contribution in [-0.4, -0.2) is 26.6 Å². The normalized spacial score (nSPS) is 10.8. The maximum absolute atomic E-state index is 13.0. The van der Waals surface area contributed by atoms with Gasteiger partial charge in [-0.25, -0.2) is 9.52 Å². The predicted molar refractivity (Wildman–Crippen MR) is 52.2 cm³/mol. The Balaban J connectivity index is 2.87. The second kappa shape index (κ2) is 4.91. The zero-order valence-corrected chi connectivity index (χ0v) is 9.22. The van der Waals surface area contributed by atoms with Gasteiger partial charge in [0.15, 0.2) is 0 Å². The van der Waals surface area contributed by atoms with Crippen molar-refractivity contribution in [2.45, 2.75) is 0 Å². The van der Waals surface area contributed by atoms with Crippen LogP contribution in [0.5, 0.6) is 0 Å². The first kappa shape index (κ1) is 13.1. The molecule has 0 saturated carbocycles. The molecule has 1 aromatic heterocycles. The number of carbonyl (C=O) groups is 1. The van der Waals surface area contributed by atoms with E-state index in [0.717, 1.165) is 19.2 Å². The zero-order chi connectivity index (χ0) is 13.1. The molecule has 94 valence electrons. The highest BCUT2D eigenvalue weighted by molar-refractivity contribution is 7.91. The maximum atomic E-state index is 13.0. The monoisotopic (exact) mass is 267 g/mol. The summed E-state index contributed by atoms with van der Waals surface area (Å²) in [4.78, 5) is 13.4. The first-order valence-corrected chi connectivity index (χ1v) is 5.53. The first-order chi connectivity index (χ1) is 7.84. The van der Waals surface area contributed by atoms with Crippen molar-refractivity contribution in [3.05, 3.63) is 24.0 Å². The average molecular weight is 267 g/mol. The summed E-state index contributed by atoms with van der Waals surface area (Å²) in [6, 6.07) is 1.56. The van der Waals surface area contributed by atoms with E-state index in [1.165, 1.54) is 4.72 Å². The van der Waals surface area contributed by atoms with E-state index in [-0.39, 0.29) is 0 Å². The van der Waals surface area contributed by atoms with E-state index in [1.54, 1.807) is 4.72 Å². The lowest BCUT2D eigenvalue weighted by Gasteiger charge is -2.08. The summed E-state index contributed by atoms with van der Waals surface area (Å²) in [5, 5.41) is 0. The molecule has 7 nitrogen and oxygen atoms in total. The minimum Gasteiger partial charge on any atom is -0.452 e. The second-order valence-electron chi connectivity index (χ2n) is 2.67. The number of anilines is 1. The number of halogens is 2. The van der Waals surface area contributed by atoms with E-state index >= 15 is 0 Å². The number of ether oxygens (including phenoxy) is 1. The quantitative estimate of drug-likeness (QED) is 0.771. The van der Waals surface area contributed by atoms with Gasteiger partial charge in [-0.05, 0) is 12.1 Å². The summed E-state index contributed by atoms with van der Waals surface area (Å²) < 4.78 is 54.9. The topological polar surface area (TPSA) is 97.4 Å². The Bertz CT molecular complexity index is 534. The minimum absolute atomic E-state index is 0.609. The summed E-state index contributed by atoms with van der Waals surface area (Å²) in [6.45, 7) is 0. The summed E-state index contributed by atoms with van der Waals surface area (Å²) in [5.74, 6) is -2.47. The van der Waals surface area contributed by atoms with E-state index in [1.807, 2.05) is 0 Å². The summed E-state index contributed by atoms with van der Waals surface area (Å²) in [5.41, 5.74) is -0.609. The maximum Gasteiger partial charge on any atom is 0.422 e. The highest BCUT2D eigenvalue weighted by atomic mass is 32.2. The van der Waals surface area contributed by atoms with Crippen molar-refractivity contribution in [3.8, 4) is 0 Å². The smallest absolute Gasteiger partial charge is 0.422 e. The number of methoxy groups -OCH3 is 1. The molecule has 17 heavy (non-hydrogen) atoms. The molecule has 0 unspecified atom stereocenters. The Morgan fingerprint density at radius 1 is 1.41 bits per heavy atom. The van der Waals surface area contributed by atoms with Gasteiger partial charge < -0.3 is 4.74 Å². The largest absolute Gasteiger partial charge is 0.452 e. The van der Waals surface area contributed by atoms with Crippen LogP contribution in [0.3, 0.4) is 0 Å². The number of carbonyl (C=O) groups excluding carboxylic acids is 1. The van der Waals surface area contributed by atoms with Crippen LogP contribution in [0.1, 0.15) is 0 Å². The van der Waals surface area contributed by atoms with Crippen LogP contribution >= 0.6 is 0 Å². The molecule has 0 spiro atoms. The van der Waals surface area contributed by atoms with Gasteiger partial charge in [0.25, 0.3) is 0 Å². The van der Waals surface area contributed by atoms with Gasteiger partial charge >= 0.3 is 16.3 Å². The lowest BCUT2D eigenvalue weighted by molar-refractivity contribution is 0.177. The van der Waals surface area contributed by atoms with Crippen LogP contribution in [0.15, 0.2) is 12.1 Å². The fourth-order valence-electron chi connectivity index (χ4n) is 0.810. The van der Waals surface area contributed by atoms with Gasteiger partial charge in [0.1, 0.15) is 5.69 Å². The number of hydrogen-bond acceptors (Lipinski definition) is 5. The van der Waals surface area contributed by atoms with Crippen LogP contribution in [0.25, 0.3) is 0 Å². The van der Waals surface area contributed by atoms with Crippen molar-refractivity contribution < 1.29 is 26.7 Å². The number of nitrogens with one attached hydrogen (secondary N) is 2. The number of amides is 1. The molecule has 0 saturated heterocycles. The van der Waals surface area contributed by atoms with Gasteiger partial charge in [0.05, 0.1) is 7.11 Å². The summed E-state index contributed by atoms with van der Waals surface area (Å²) in [7, 11) is -3.41. The third kappa shape index (κ3) is 3.83. The van der Waals surface area contributed by atoms with Crippen molar-refractivity contribution in [2.75, 3.05) is 11.8 Å². The number of aromatic nitrogens is 1. The van der Waals surface area contributed by atoms with Gasteiger partial charge in [0.2, 0.25) is 11.9 Å². The lowest BCUT2D eigenvalue weighted by atomic mass is 10.4. The van der Waals surface area contributed by atoms with Crippen molar-refractivity contribution in [1.82, 2.24) is 9.71 Å². The molecule has 0 radical (unpaired) electrons. The summed E-state index contributed by atoms with van der Waals surface area (Å²) >= 11 is 0. The van der Waals surface area contributed by atoms with E-state index in [9.17, 15) is 22.0 Å². The number of hydrogen-bond donors (Lipinski definition) is 2. The molecule has 10 heteroatoms. The highest BCUT2D eigenvalue weighted by Crippen LogP contribution is 2.12. The Hall–Kier alpha value is -1.97. The molecule has 0 fully saturated rings. The second-order valence-corrected chi connectivity index (χ2v) is 4.09. The van der Waals surface area contributed by atoms with Crippen molar-refractivity contribution >= 4 is 22.0 Å². The Kier molecular flexibility index (Phi) is 3.78. The first-order valence-electron chi connectivity index (χ1n) is 4.04. The molecule has 1 aromatic rings.